The zero-order valence-corrected chi connectivity index (χ0v) is 3.67. The Kier molecular flexibility index (Phi) is 8.12. The van der Waals surface area contributed by atoms with Crippen LogP contribution in [0.4, 0.5) is 4.79 Å². The van der Waals surface area contributed by atoms with E-state index in [1.165, 1.54) is 0 Å². The summed E-state index contributed by atoms with van der Waals surface area (Å²) in [5, 5.41) is 7.64. The molecule has 0 aromatic carbocycles. The molecule has 0 atom stereocenters. The summed E-state index contributed by atoms with van der Waals surface area (Å²) < 4.78 is 3.53. The minimum absolute atomic E-state index is 0. The second-order valence-corrected chi connectivity index (χ2v) is 0.860. The first-order valence-electron chi connectivity index (χ1n) is 1.54. The first-order valence-corrected chi connectivity index (χ1v) is 1.54. The summed E-state index contributed by atoms with van der Waals surface area (Å²) in [5.74, 6) is -0.812. The number of carboxylic acid groups (broad SMARTS) is 1. The number of hydrogen-bond acceptors (Lipinski definition) is 3. The molecule has 0 saturated heterocycles. The maximum atomic E-state index is 9.65. The Hall–Kier alpha value is 0.576. The van der Waals surface area contributed by atoms with Gasteiger partial charge in [-0.15, -0.1) is 0 Å². The van der Waals surface area contributed by atoms with Gasteiger partial charge in [0.2, 0.25) is 0 Å². The fourth-order valence-electron chi connectivity index (χ4n) is 0.123. The molecule has 0 aromatic heterocycles. The van der Waals surface area contributed by atoms with Crippen LogP contribution in [0.25, 0.3) is 0 Å². The van der Waals surface area contributed by atoms with E-state index in [1.54, 1.807) is 0 Å². The Balaban J connectivity index is 0. The van der Waals surface area contributed by atoms with E-state index in [-0.39, 0.29) is 51.4 Å². The first-order chi connectivity index (χ1) is 3.13. The molecule has 0 amide bonds. The molecule has 0 aliphatic heterocycles. The predicted molar refractivity (Wildman–Crippen MR) is 26.9 cm³/mol. The first kappa shape index (κ1) is 11.4. The fraction of sp³-hybridized carbons (Fsp3) is 0.333. The molecule has 1 N–H and O–H groups in total. The topological polar surface area (TPSA) is 63.6 Å². The Morgan fingerprint density at radius 2 is 1.88 bits per heavy atom. The molecule has 5 heteroatoms. The average molecular weight is 144 g/mol. The van der Waals surface area contributed by atoms with E-state index < -0.39 is 12.1 Å². The van der Waals surface area contributed by atoms with E-state index in [0.717, 1.165) is 6.92 Å². The van der Waals surface area contributed by atoms with Crippen LogP contribution in [0.1, 0.15) is 6.92 Å². The van der Waals surface area contributed by atoms with Crippen molar-refractivity contribution in [1.82, 2.24) is 0 Å². The van der Waals surface area contributed by atoms with Gasteiger partial charge in [-0.25, -0.2) is 4.79 Å². The van der Waals surface area contributed by atoms with Crippen molar-refractivity contribution >= 4 is 63.5 Å². The van der Waals surface area contributed by atoms with E-state index in [1.807, 2.05) is 0 Å². The minimum atomic E-state index is -1.56. The Bertz CT molecular complexity index is 87.5. The van der Waals surface area contributed by atoms with Crippen LogP contribution in [0.3, 0.4) is 0 Å². The number of hydrogen-bond donors (Lipinski definition) is 1. The molecule has 0 unspecified atom stereocenters. The molecule has 0 aliphatic rings. The van der Waals surface area contributed by atoms with Crippen LogP contribution >= 0.6 is 0 Å². The van der Waals surface area contributed by atoms with Crippen molar-refractivity contribution in [3.05, 3.63) is 0 Å². The van der Waals surface area contributed by atoms with E-state index >= 15 is 0 Å². The molecule has 0 aromatic rings. The molecule has 0 aliphatic carbocycles. The molecule has 8 heavy (non-hydrogen) atoms. The third kappa shape index (κ3) is 9.76. The maximum absolute atomic E-state index is 9.65. The summed E-state index contributed by atoms with van der Waals surface area (Å²) in [6.07, 6.45) is -1.56. The predicted octanol–water partition coefficient (Wildman–Crippen LogP) is -0.421. The SMILES string of the molecule is CC(=O)OC(=O)O.[KH]. The molecule has 0 saturated carbocycles. The van der Waals surface area contributed by atoms with Crippen molar-refractivity contribution in [3.8, 4) is 0 Å². The van der Waals surface area contributed by atoms with Gasteiger partial charge in [0.25, 0.3) is 0 Å². The van der Waals surface area contributed by atoms with Crippen molar-refractivity contribution in [1.29, 1.82) is 0 Å². The number of ether oxygens (including phenoxy) is 1. The van der Waals surface area contributed by atoms with Crippen molar-refractivity contribution in [3.63, 3.8) is 0 Å². The second kappa shape index (κ2) is 5.71. The summed E-state index contributed by atoms with van der Waals surface area (Å²) in [7, 11) is 0. The molecule has 42 valence electrons. The van der Waals surface area contributed by atoms with Crippen molar-refractivity contribution in [2.24, 2.45) is 0 Å². The number of carbonyl (C=O) groups excluding carboxylic acids is 1. The van der Waals surface area contributed by atoms with Gasteiger partial charge < -0.3 is 9.84 Å². The van der Waals surface area contributed by atoms with Crippen LogP contribution in [0.5, 0.6) is 0 Å². The standard InChI is InChI=1S/C3H4O4.K.H/c1-2(4)7-3(5)6;;/h1H3,(H,5,6);;. The number of rotatable bonds is 0. The third-order valence-electron chi connectivity index (χ3n) is 0.231. The Labute approximate surface area is 88.6 Å². The van der Waals surface area contributed by atoms with Crippen LogP contribution in [-0.2, 0) is 9.53 Å². The van der Waals surface area contributed by atoms with Crippen molar-refractivity contribution < 1.29 is 19.4 Å². The molecule has 0 bridgehead atoms. The van der Waals surface area contributed by atoms with Gasteiger partial charge in [0.1, 0.15) is 0 Å². The van der Waals surface area contributed by atoms with Gasteiger partial charge in [-0.05, 0) is 0 Å². The summed E-state index contributed by atoms with van der Waals surface area (Å²) in [6, 6.07) is 0. The average Bonchev–Trinajstić information content (AvgIpc) is 1.27. The van der Waals surface area contributed by atoms with Gasteiger partial charge in [0.05, 0.1) is 0 Å². The second-order valence-electron chi connectivity index (χ2n) is 0.860. The molecular formula is C3H5KO4. The molecular weight excluding hydrogens is 139 g/mol. The van der Waals surface area contributed by atoms with E-state index in [9.17, 15) is 9.59 Å². The molecule has 0 heterocycles. The summed E-state index contributed by atoms with van der Waals surface area (Å²) >= 11 is 0. The van der Waals surface area contributed by atoms with Crippen molar-refractivity contribution in [2.75, 3.05) is 0 Å². The number of carbonyl (C=O) groups is 2. The van der Waals surface area contributed by atoms with Crippen LogP contribution in [-0.4, -0.2) is 68.6 Å². The van der Waals surface area contributed by atoms with Gasteiger partial charge in [0.15, 0.2) is 0 Å². The van der Waals surface area contributed by atoms with E-state index in [2.05, 4.69) is 4.74 Å². The third-order valence-corrected chi connectivity index (χ3v) is 0.231. The van der Waals surface area contributed by atoms with Gasteiger partial charge in [0, 0.05) is 6.92 Å². The van der Waals surface area contributed by atoms with Gasteiger partial charge >= 0.3 is 63.5 Å². The molecule has 0 rings (SSSR count). The summed E-state index contributed by atoms with van der Waals surface area (Å²) in [6.45, 7) is 1.02. The Morgan fingerprint density at radius 1 is 1.50 bits per heavy atom. The van der Waals surface area contributed by atoms with Crippen LogP contribution in [0.15, 0.2) is 0 Å². The molecule has 4 nitrogen and oxygen atoms in total. The quantitative estimate of drug-likeness (QED) is 0.285. The van der Waals surface area contributed by atoms with Gasteiger partial charge in [-0.3, -0.25) is 4.79 Å². The van der Waals surface area contributed by atoms with Crippen LogP contribution in [0, 0.1) is 0 Å². The molecule has 0 fully saturated rings. The van der Waals surface area contributed by atoms with Gasteiger partial charge in [-0.1, -0.05) is 0 Å². The fourth-order valence-corrected chi connectivity index (χ4v) is 0.123. The van der Waals surface area contributed by atoms with Gasteiger partial charge in [-0.2, -0.15) is 0 Å². The van der Waals surface area contributed by atoms with Crippen LogP contribution < -0.4 is 0 Å². The van der Waals surface area contributed by atoms with E-state index in [0.29, 0.717) is 0 Å². The van der Waals surface area contributed by atoms with Crippen molar-refractivity contribution in [2.45, 2.75) is 6.92 Å². The zero-order valence-electron chi connectivity index (χ0n) is 3.67. The molecule has 0 radical (unpaired) electrons. The zero-order chi connectivity index (χ0) is 5.86. The summed E-state index contributed by atoms with van der Waals surface area (Å²) in [4.78, 5) is 19.0. The van der Waals surface area contributed by atoms with E-state index in [4.69, 9.17) is 5.11 Å². The normalized spacial score (nSPS) is 6.62. The molecule has 0 spiro atoms. The van der Waals surface area contributed by atoms with Crippen LogP contribution in [0.2, 0.25) is 0 Å². The monoisotopic (exact) mass is 144 g/mol. The Morgan fingerprint density at radius 3 is 1.88 bits per heavy atom. The summed E-state index contributed by atoms with van der Waals surface area (Å²) in [5.41, 5.74) is 0. The number of esters is 1.